The SMILES string of the molecule is N=C(N)c1ccc2cc(C#CCCCc3ccccc3)ccc2c1.O=C(O)C(F)(F)F. The molecule has 0 spiro atoms. The maximum absolute atomic E-state index is 10.6. The van der Waals surface area contributed by atoms with Crippen LogP contribution < -0.4 is 5.73 Å². The Labute approximate surface area is 178 Å². The van der Waals surface area contributed by atoms with E-state index in [1.807, 2.05) is 36.4 Å². The Morgan fingerprint density at radius 1 is 1.00 bits per heavy atom. The molecular formula is C24H21F3N2O2. The second-order valence-electron chi connectivity index (χ2n) is 6.63. The molecule has 0 amide bonds. The van der Waals surface area contributed by atoms with Crippen molar-refractivity contribution in [3.8, 4) is 11.8 Å². The van der Waals surface area contributed by atoms with Crippen LogP contribution >= 0.6 is 0 Å². The van der Waals surface area contributed by atoms with Crippen LogP contribution in [0.5, 0.6) is 0 Å². The van der Waals surface area contributed by atoms with Gasteiger partial charge in [0.2, 0.25) is 0 Å². The number of carbonyl (C=O) groups is 1. The molecule has 0 saturated carbocycles. The van der Waals surface area contributed by atoms with E-state index in [1.165, 1.54) is 5.56 Å². The highest BCUT2D eigenvalue weighted by molar-refractivity contribution is 5.99. The van der Waals surface area contributed by atoms with E-state index in [9.17, 15) is 13.2 Å². The molecule has 0 atom stereocenters. The average Bonchev–Trinajstić information content (AvgIpc) is 2.73. The van der Waals surface area contributed by atoms with E-state index < -0.39 is 12.1 Å². The summed E-state index contributed by atoms with van der Waals surface area (Å²) in [7, 11) is 0. The smallest absolute Gasteiger partial charge is 0.475 e. The van der Waals surface area contributed by atoms with Crippen molar-refractivity contribution < 1.29 is 23.1 Å². The Bertz CT molecular complexity index is 1110. The van der Waals surface area contributed by atoms with E-state index >= 15 is 0 Å². The number of unbranched alkanes of at least 4 members (excludes halogenated alkanes) is 1. The number of amidine groups is 1. The lowest BCUT2D eigenvalue weighted by Crippen LogP contribution is -2.21. The number of fused-ring (bicyclic) bond motifs is 1. The van der Waals surface area contributed by atoms with Gasteiger partial charge in [0.1, 0.15) is 5.84 Å². The second-order valence-corrected chi connectivity index (χ2v) is 6.63. The monoisotopic (exact) mass is 426 g/mol. The lowest BCUT2D eigenvalue weighted by atomic mass is 10.0. The van der Waals surface area contributed by atoms with E-state index in [0.29, 0.717) is 0 Å². The number of hydrogen-bond donors (Lipinski definition) is 3. The molecule has 0 radical (unpaired) electrons. The zero-order valence-electron chi connectivity index (χ0n) is 16.5. The van der Waals surface area contributed by atoms with E-state index in [4.69, 9.17) is 21.0 Å². The van der Waals surface area contributed by atoms with Crippen molar-refractivity contribution in [2.75, 3.05) is 0 Å². The number of nitrogen functional groups attached to an aromatic ring is 1. The highest BCUT2D eigenvalue weighted by Gasteiger charge is 2.38. The van der Waals surface area contributed by atoms with Crippen molar-refractivity contribution in [2.45, 2.75) is 25.4 Å². The zero-order chi connectivity index (χ0) is 22.9. The van der Waals surface area contributed by atoms with Gasteiger partial charge in [0.05, 0.1) is 0 Å². The van der Waals surface area contributed by atoms with Gasteiger partial charge in [0.15, 0.2) is 0 Å². The lowest BCUT2D eigenvalue weighted by molar-refractivity contribution is -0.192. The summed E-state index contributed by atoms with van der Waals surface area (Å²) in [6.07, 6.45) is -2.04. The molecule has 4 nitrogen and oxygen atoms in total. The quantitative estimate of drug-likeness (QED) is 0.234. The van der Waals surface area contributed by atoms with Gasteiger partial charge in [0, 0.05) is 17.5 Å². The standard InChI is InChI=1S/C22H20N2.C2HF3O2/c23-22(24)21-14-13-19-15-18(11-12-20(19)16-21)10-6-2-5-9-17-7-3-1-4-8-17;3-2(4,5)1(6)7/h1,3-4,7-8,11-16H,2,5,9H2,(H3,23,24);(H,6,7). The Morgan fingerprint density at radius 3 is 2.23 bits per heavy atom. The van der Waals surface area contributed by atoms with Crippen LogP contribution in [0.25, 0.3) is 10.8 Å². The molecule has 0 bridgehead atoms. The predicted molar refractivity (Wildman–Crippen MR) is 115 cm³/mol. The van der Waals surface area contributed by atoms with Gasteiger partial charge in [-0.2, -0.15) is 13.2 Å². The zero-order valence-corrected chi connectivity index (χ0v) is 16.5. The van der Waals surface area contributed by atoms with Crippen LogP contribution in [0.15, 0.2) is 66.7 Å². The predicted octanol–water partition coefficient (Wildman–Crippen LogP) is 5.13. The summed E-state index contributed by atoms with van der Waals surface area (Å²) >= 11 is 0. The normalized spacial score (nSPS) is 10.4. The van der Waals surface area contributed by atoms with Crippen molar-refractivity contribution in [1.82, 2.24) is 0 Å². The fourth-order valence-electron chi connectivity index (χ4n) is 2.68. The van der Waals surface area contributed by atoms with Gasteiger partial charge in [0.25, 0.3) is 0 Å². The Morgan fingerprint density at radius 2 is 1.61 bits per heavy atom. The molecule has 0 aliphatic rings. The number of hydrogen-bond acceptors (Lipinski definition) is 2. The number of alkyl halides is 3. The molecule has 3 aromatic rings. The molecule has 3 rings (SSSR count). The van der Waals surface area contributed by atoms with Gasteiger partial charge in [-0.15, -0.1) is 0 Å². The van der Waals surface area contributed by atoms with Crippen LogP contribution in [0.3, 0.4) is 0 Å². The molecular weight excluding hydrogens is 405 g/mol. The van der Waals surface area contributed by atoms with Crippen LogP contribution in [-0.2, 0) is 11.2 Å². The summed E-state index contributed by atoms with van der Waals surface area (Å²) in [5.41, 5.74) is 8.68. The Hall–Kier alpha value is -3.79. The van der Waals surface area contributed by atoms with Gasteiger partial charge in [-0.25, -0.2) is 4.79 Å². The average molecular weight is 426 g/mol. The van der Waals surface area contributed by atoms with Crippen molar-refractivity contribution in [1.29, 1.82) is 5.41 Å². The Kier molecular flexibility index (Phi) is 8.21. The minimum Gasteiger partial charge on any atom is -0.475 e. The topological polar surface area (TPSA) is 87.2 Å². The van der Waals surface area contributed by atoms with Gasteiger partial charge in [-0.05, 0) is 47.4 Å². The molecule has 0 unspecified atom stereocenters. The first-order valence-corrected chi connectivity index (χ1v) is 9.38. The highest BCUT2D eigenvalue weighted by atomic mass is 19.4. The van der Waals surface area contributed by atoms with Gasteiger partial charge >= 0.3 is 12.1 Å². The van der Waals surface area contributed by atoms with Crippen LogP contribution in [0.4, 0.5) is 13.2 Å². The number of nitrogens with one attached hydrogen (secondary N) is 1. The molecule has 31 heavy (non-hydrogen) atoms. The number of rotatable bonds is 4. The van der Waals surface area contributed by atoms with Gasteiger partial charge in [-0.1, -0.05) is 60.4 Å². The number of aryl methyl sites for hydroxylation is 1. The maximum Gasteiger partial charge on any atom is 0.490 e. The number of carboxylic acids is 1. The molecule has 3 aromatic carbocycles. The number of halogens is 3. The largest absolute Gasteiger partial charge is 0.490 e. The Balaban J connectivity index is 0.000000423. The number of carboxylic acid groups (broad SMARTS) is 1. The van der Waals surface area contributed by atoms with E-state index in [1.54, 1.807) is 0 Å². The lowest BCUT2D eigenvalue weighted by Gasteiger charge is -2.02. The summed E-state index contributed by atoms with van der Waals surface area (Å²) in [4.78, 5) is 8.90. The van der Waals surface area contributed by atoms with Crippen LogP contribution in [0.1, 0.15) is 29.5 Å². The number of nitrogens with two attached hydrogens (primary N) is 1. The van der Waals surface area contributed by atoms with Crippen molar-refractivity contribution in [2.24, 2.45) is 5.73 Å². The first kappa shape index (κ1) is 23.5. The third-order valence-corrected chi connectivity index (χ3v) is 4.24. The molecule has 0 saturated heterocycles. The molecule has 0 aliphatic heterocycles. The third kappa shape index (κ3) is 7.86. The molecule has 160 valence electrons. The summed E-state index contributed by atoms with van der Waals surface area (Å²) in [5.74, 6) is 3.85. The van der Waals surface area contributed by atoms with Crippen molar-refractivity contribution >= 4 is 22.6 Å². The molecule has 4 N–H and O–H groups in total. The van der Waals surface area contributed by atoms with Crippen LogP contribution in [0.2, 0.25) is 0 Å². The first-order chi connectivity index (χ1) is 14.7. The number of aliphatic carboxylic acids is 1. The van der Waals surface area contributed by atoms with Gasteiger partial charge in [-0.3, -0.25) is 5.41 Å². The van der Waals surface area contributed by atoms with Gasteiger partial charge < -0.3 is 10.8 Å². The van der Waals surface area contributed by atoms with Crippen molar-refractivity contribution in [3.63, 3.8) is 0 Å². The maximum atomic E-state index is 10.6. The van der Waals surface area contributed by atoms with E-state index in [2.05, 4.69) is 42.2 Å². The summed E-state index contributed by atoms with van der Waals surface area (Å²) < 4.78 is 31.7. The molecule has 7 heteroatoms. The van der Waals surface area contributed by atoms with E-state index in [0.717, 1.165) is 41.2 Å². The van der Waals surface area contributed by atoms with Crippen LogP contribution in [0, 0.1) is 17.3 Å². The minimum atomic E-state index is -5.08. The van der Waals surface area contributed by atoms with E-state index in [-0.39, 0.29) is 5.84 Å². The first-order valence-electron chi connectivity index (χ1n) is 9.38. The molecule has 0 aliphatic carbocycles. The summed E-state index contributed by atoms with van der Waals surface area (Å²) in [5, 5.41) is 16.8. The third-order valence-electron chi connectivity index (χ3n) is 4.24. The second kappa shape index (κ2) is 10.8. The van der Waals surface area contributed by atoms with Crippen LogP contribution in [-0.4, -0.2) is 23.1 Å². The summed E-state index contributed by atoms with van der Waals surface area (Å²) in [6.45, 7) is 0. The fourth-order valence-corrected chi connectivity index (χ4v) is 2.68. The minimum absolute atomic E-state index is 0.0965. The molecule has 0 aromatic heterocycles. The molecule has 0 heterocycles. The fraction of sp³-hybridized carbons (Fsp3) is 0.167. The van der Waals surface area contributed by atoms with Crippen molar-refractivity contribution in [3.05, 3.63) is 83.4 Å². The number of benzene rings is 3. The highest BCUT2D eigenvalue weighted by Crippen LogP contribution is 2.17. The summed E-state index contributed by atoms with van der Waals surface area (Å²) in [6, 6.07) is 22.5. The molecule has 0 fully saturated rings.